The van der Waals surface area contributed by atoms with E-state index in [4.69, 9.17) is 0 Å². The van der Waals surface area contributed by atoms with Gasteiger partial charge in [-0.1, -0.05) is 37.3 Å². The average molecular weight is 283 g/mol. The van der Waals surface area contributed by atoms with E-state index in [-0.39, 0.29) is 18.3 Å². The summed E-state index contributed by atoms with van der Waals surface area (Å²) in [6.45, 7) is 4.18. The molecule has 2 unspecified atom stereocenters. The van der Waals surface area contributed by atoms with Crippen LogP contribution < -0.4 is 10.6 Å². The van der Waals surface area contributed by atoms with E-state index in [9.17, 15) is 4.79 Å². The van der Waals surface area contributed by atoms with Crippen molar-refractivity contribution in [2.45, 2.75) is 32.2 Å². The summed E-state index contributed by atoms with van der Waals surface area (Å²) in [5, 5.41) is 6.47. The maximum atomic E-state index is 11.9. The molecule has 0 saturated carbocycles. The Morgan fingerprint density at radius 2 is 2.11 bits per heavy atom. The summed E-state index contributed by atoms with van der Waals surface area (Å²) in [5.41, 5.74) is 1.22. The predicted octanol–water partition coefficient (Wildman–Crippen LogP) is 2.16. The molecule has 19 heavy (non-hydrogen) atoms. The molecule has 2 rings (SSSR count). The highest BCUT2D eigenvalue weighted by atomic mass is 35.5. The van der Waals surface area contributed by atoms with Crippen LogP contribution in [-0.4, -0.2) is 25.0 Å². The maximum Gasteiger partial charge on any atom is 0.220 e. The van der Waals surface area contributed by atoms with Crippen molar-refractivity contribution in [1.29, 1.82) is 0 Å². The number of amides is 1. The molecule has 2 atom stereocenters. The zero-order valence-electron chi connectivity index (χ0n) is 11.4. The Labute approximate surface area is 121 Å². The van der Waals surface area contributed by atoms with Crippen LogP contribution in [0.1, 0.15) is 25.3 Å². The number of aryl methyl sites for hydroxylation is 1. The van der Waals surface area contributed by atoms with Gasteiger partial charge in [0.25, 0.3) is 0 Å². The Bertz CT molecular complexity index is 383. The number of benzene rings is 1. The van der Waals surface area contributed by atoms with Gasteiger partial charge in [-0.25, -0.2) is 0 Å². The first kappa shape index (κ1) is 16.0. The van der Waals surface area contributed by atoms with Crippen LogP contribution in [0.5, 0.6) is 0 Å². The van der Waals surface area contributed by atoms with Crippen LogP contribution in [0.3, 0.4) is 0 Å². The molecule has 1 fully saturated rings. The molecule has 1 aliphatic rings. The number of carbonyl (C=O) groups excluding carboxylic acids is 1. The zero-order valence-corrected chi connectivity index (χ0v) is 12.2. The van der Waals surface area contributed by atoms with Crippen molar-refractivity contribution in [3.8, 4) is 0 Å². The number of rotatable bonds is 4. The molecule has 1 amide bonds. The molecule has 4 heteroatoms. The summed E-state index contributed by atoms with van der Waals surface area (Å²) in [4.78, 5) is 11.9. The van der Waals surface area contributed by atoms with Gasteiger partial charge in [0.05, 0.1) is 0 Å². The third-order valence-corrected chi connectivity index (χ3v) is 3.66. The SMILES string of the molecule is CC1CCNCC1NC(=O)CCc1ccccc1.Cl. The highest BCUT2D eigenvalue weighted by Crippen LogP contribution is 2.11. The number of carbonyl (C=O) groups is 1. The lowest BCUT2D eigenvalue weighted by Crippen LogP contribution is -2.50. The molecule has 0 aromatic heterocycles. The van der Waals surface area contributed by atoms with E-state index in [0.29, 0.717) is 18.4 Å². The lowest BCUT2D eigenvalue weighted by molar-refractivity contribution is -0.122. The smallest absolute Gasteiger partial charge is 0.220 e. The normalized spacial score (nSPS) is 22.4. The summed E-state index contributed by atoms with van der Waals surface area (Å²) in [7, 11) is 0. The van der Waals surface area contributed by atoms with Crippen molar-refractivity contribution in [2.24, 2.45) is 5.92 Å². The number of halogens is 1. The number of piperidine rings is 1. The van der Waals surface area contributed by atoms with Crippen LogP contribution in [-0.2, 0) is 11.2 Å². The highest BCUT2D eigenvalue weighted by molar-refractivity contribution is 5.85. The van der Waals surface area contributed by atoms with Crippen LogP contribution >= 0.6 is 12.4 Å². The monoisotopic (exact) mass is 282 g/mol. The summed E-state index contributed by atoms with van der Waals surface area (Å²) in [6.07, 6.45) is 2.54. The molecule has 106 valence electrons. The molecule has 3 nitrogen and oxygen atoms in total. The molecule has 1 heterocycles. The Morgan fingerprint density at radius 1 is 1.37 bits per heavy atom. The largest absolute Gasteiger partial charge is 0.352 e. The van der Waals surface area contributed by atoms with Crippen molar-refractivity contribution < 1.29 is 4.79 Å². The minimum atomic E-state index is 0. The van der Waals surface area contributed by atoms with E-state index in [1.807, 2.05) is 18.2 Å². The number of hydrogen-bond acceptors (Lipinski definition) is 2. The molecular formula is C15H23ClN2O. The molecule has 1 aromatic carbocycles. The minimum absolute atomic E-state index is 0. The summed E-state index contributed by atoms with van der Waals surface area (Å²) >= 11 is 0. The van der Waals surface area contributed by atoms with E-state index in [2.05, 4.69) is 29.7 Å². The van der Waals surface area contributed by atoms with Crippen molar-refractivity contribution in [3.63, 3.8) is 0 Å². The van der Waals surface area contributed by atoms with Gasteiger partial charge in [0.15, 0.2) is 0 Å². The third-order valence-electron chi connectivity index (χ3n) is 3.66. The molecular weight excluding hydrogens is 260 g/mol. The first-order chi connectivity index (χ1) is 8.75. The van der Waals surface area contributed by atoms with Gasteiger partial charge in [-0.3, -0.25) is 4.79 Å². The van der Waals surface area contributed by atoms with Gasteiger partial charge in [-0.05, 0) is 30.9 Å². The molecule has 0 spiro atoms. The van der Waals surface area contributed by atoms with Crippen LogP contribution in [0.15, 0.2) is 30.3 Å². The lowest BCUT2D eigenvalue weighted by Gasteiger charge is -2.30. The topological polar surface area (TPSA) is 41.1 Å². The van der Waals surface area contributed by atoms with Gasteiger partial charge in [-0.15, -0.1) is 12.4 Å². The molecule has 0 aliphatic carbocycles. The van der Waals surface area contributed by atoms with E-state index in [1.54, 1.807) is 0 Å². The number of nitrogens with one attached hydrogen (secondary N) is 2. The van der Waals surface area contributed by atoms with Gasteiger partial charge in [0.1, 0.15) is 0 Å². The van der Waals surface area contributed by atoms with Gasteiger partial charge in [0, 0.05) is 19.0 Å². The fraction of sp³-hybridized carbons (Fsp3) is 0.533. The van der Waals surface area contributed by atoms with Gasteiger partial charge < -0.3 is 10.6 Å². The molecule has 1 saturated heterocycles. The Morgan fingerprint density at radius 3 is 2.79 bits per heavy atom. The predicted molar refractivity (Wildman–Crippen MR) is 80.6 cm³/mol. The molecule has 1 aromatic rings. The summed E-state index contributed by atoms with van der Waals surface area (Å²) in [5.74, 6) is 0.742. The van der Waals surface area contributed by atoms with E-state index < -0.39 is 0 Å². The van der Waals surface area contributed by atoms with Crippen molar-refractivity contribution in [1.82, 2.24) is 10.6 Å². The van der Waals surface area contributed by atoms with E-state index in [1.165, 1.54) is 5.56 Å². The second kappa shape index (κ2) is 8.18. The van der Waals surface area contributed by atoms with E-state index >= 15 is 0 Å². The Balaban J connectivity index is 0.00000180. The van der Waals surface area contributed by atoms with Crippen LogP contribution in [0.4, 0.5) is 0 Å². The third kappa shape index (κ3) is 5.21. The minimum Gasteiger partial charge on any atom is -0.352 e. The molecule has 0 radical (unpaired) electrons. The summed E-state index contributed by atoms with van der Waals surface area (Å²) in [6, 6.07) is 10.5. The molecule has 0 bridgehead atoms. The van der Waals surface area contributed by atoms with Crippen LogP contribution in [0.25, 0.3) is 0 Å². The standard InChI is InChI=1S/C15H22N2O.ClH/c1-12-9-10-16-11-14(12)17-15(18)8-7-13-5-3-2-4-6-13;/h2-6,12,14,16H,7-11H2,1H3,(H,17,18);1H. The number of hydrogen-bond donors (Lipinski definition) is 2. The molecule has 1 aliphatic heterocycles. The first-order valence-electron chi connectivity index (χ1n) is 6.79. The summed E-state index contributed by atoms with van der Waals surface area (Å²) < 4.78 is 0. The van der Waals surface area contributed by atoms with E-state index in [0.717, 1.165) is 25.9 Å². The van der Waals surface area contributed by atoms with Gasteiger partial charge in [-0.2, -0.15) is 0 Å². The second-order valence-electron chi connectivity index (χ2n) is 5.13. The van der Waals surface area contributed by atoms with Crippen LogP contribution in [0.2, 0.25) is 0 Å². The van der Waals surface area contributed by atoms with Crippen molar-refractivity contribution in [2.75, 3.05) is 13.1 Å². The lowest BCUT2D eigenvalue weighted by atomic mass is 9.94. The molecule has 2 N–H and O–H groups in total. The average Bonchev–Trinajstić information content (AvgIpc) is 2.40. The fourth-order valence-electron chi connectivity index (χ4n) is 2.36. The second-order valence-corrected chi connectivity index (χ2v) is 5.13. The zero-order chi connectivity index (χ0) is 12.8. The Kier molecular flexibility index (Phi) is 6.89. The quantitative estimate of drug-likeness (QED) is 0.889. The van der Waals surface area contributed by atoms with Gasteiger partial charge in [0.2, 0.25) is 5.91 Å². The fourth-order valence-corrected chi connectivity index (χ4v) is 2.36. The Hall–Kier alpha value is -1.06. The van der Waals surface area contributed by atoms with Gasteiger partial charge >= 0.3 is 0 Å². The van der Waals surface area contributed by atoms with Crippen LogP contribution in [0, 0.1) is 5.92 Å². The highest BCUT2D eigenvalue weighted by Gasteiger charge is 2.22. The van der Waals surface area contributed by atoms with Crippen molar-refractivity contribution >= 4 is 18.3 Å². The first-order valence-corrected chi connectivity index (χ1v) is 6.79. The maximum absolute atomic E-state index is 11.9. The van der Waals surface area contributed by atoms with Crippen molar-refractivity contribution in [3.05, 3.63) is 35.9 Å².